The van der Waals surface area contributed by atoms with Gasteiger partial charge in [0.15, 0.2) is 0 Å². The molecule has 106 valence electrons. The van der Waals surface area contributed by atoms with Gasteiger partial charge in [0.2, 0.25) is 5.91 Å². The lowest BCUT2D eigenvalue weighted by atomic mass is 10.1. The molecule has 2 aromatic rings. The molecule has 0 radical (unpaired) electrons. The Bertz CT molecular complexity index is 634. The van der Waals surface area contributed by atoms with Gasteiger partial charge in [0.1, 0.15) is 0 Å². The van der Waals surface area contributed by atoms with Gasteiger partial charge in [-0.15, -0.1) is 11.8 Å². The summed E-state index contributed by atoms with van der Waals surface area (Å²) in [5.74, 6) is -0.00861. The summed E-state index contributed by atoms with van der Waals surface area (Å²) in [6.07, 6.45) is 2.36. The largest absolute Gasteiger partial charge is 0.325 e. The number of benzene rings is 1. The Morgan fingerprint density at radius 1 is 1.35 bits per heavy atom. The Kier molecular flexibility index (Phi) is 4.49. The summed E-state index contributed by atoms with van der Waals surface area (Å²) < 4.78 is 1.81. The number of para-hydroxylation sites is 1. The van der Waals surface area contributed by atoms with Crippen molar-refractivity contribution in [2.75, 3.05) is 11.6 Å². The molecule has 0 saturated heterocycles. The van der Waals surface area contributed by atoms with Gasteiger partial charge in [-0.3, -0.25) is 9.48 Å². The van der Waals surface area contributed by atoms with Crippen molar-refractivity contribution < 1.29 is 4.79 Å². The first-order valence-corrected chi connectivity index (χ1v) is 7.67. The van der Waals surface area contributed by atoms with Gasteiger partial charge in [-0.2, -0.15) is 5.10 Å². The Morgan fingerprint density at radius 3 is 2.65 bits per heavy atom. The minimum Gasteiger partial charge on any atom is -0.325 e. The molecule has 1 aromatic carbocycles. The molecule has 5 heteroatoms. The Morgan fingerprint density at radius 2 is 2.05 bits per heavy atom. The maximum Gasteiger partial charge on any atom is 0.228 e. The minimum atomic E-state index is -0.00861. The molecule has 1 amide bonds. The van der Waals surface area contributed by atoms with Gasteiger partial charge in [0, 0.05) is 23.2 Å². The van der Waals surface area contributed by atoms with Crippen LogP contribution in [0.25, 0.3) is 0 Å². The summed E-state index contributed by atoms with van der Waals surface area (Å²) in [6.45, 7) is 3.92. The molecule has 0 atom stereocenters. The number of nitrogens with one attached hydrogen (secondary N) is 1. The lowest BCUT2D eigenvalue weighted by Gasteiger charge is -2.09. The Hall–Kier alpha value is -1.75. The maximum absolute atomic E-state index is 12.2. The third-order valence-corrected chi connectivity index (χ3v) is 4.17. The quantitative estimate of drug-likeness (QED) is 0.880. The van der Waals surface area contributed by atoms with Crippen molar-refractivity contribution in [3.63, 3.8) is 0 Å². The van der Waals surface area contributed by atoms with E-state index < -0.39 is 0 Å². The predicted octanol–water partition coefficient (Wildman–Crippen LogP) is 2.94. The zero-order chi connectivity index (χ0) is 14.7. The molecular formula is C15H19N3OS. The highest BCUT2D eigenvalue weighted by molar-refractivity contribution is 7.98. The Labute approximate surface area is 123 Å². The number of nitrogens with zero attached hydrogens (tertiary/aromatic N) is 2. The highest BCUT2D eigenvalue weighted by Crippen LogP contribution is 2.25. The molecule has 0 aliphatic rings. The van der Waals surface area contributed by atoms with E-state index in [1.165, 1.54) is 0 Å². The van der Waals surface area contributed by atoms with Gasteiger partial charge in [0.05, 0.1) is 17.8 Å². The number of hydrogen-bond donors (Lipinski definition) is 1. The first-order chi connectivity index (χ1) is 9.52. The van der Waals surface area contributed by atoms with E-state index in [1.54, 1.807) is 11.8 Å². The SMILES string of the molecule is CSc1ccccc1NC(=O)Cc1c(C)nn(C)c1C. The third kappa shape index (κ3) is 3.04. The van der Waals surface area contributed by atoms with Crippen LogP contribution in [-0.2, 0) is 18.3 Å². The van der Waals surface area contributed by atoms with E-state index in [-0.39, 0.29) is 5.91 Å². The molecular weight excluding hydrogens is 270 g/mol. The van der Waals surface area contributed by atoms with Gasteiger partial charge < -0.3 is 5.32 Å². The number of carbonyl (C=O) groups excluding carboxylic acids is 1. The van der Waals surface area contributed by atoms with Crippen LogP contribution in [0.15, 0.2) is 29.2 Å². The smallest absolute Gasteiger partial charge is 0.228 e. The molecule has 0 spiro atoms. The van der Waals surface area contributed by atoms with Crippen molar-refractivity contribution in [2.24, 2.45) is 7.05 Å². The predicted molar refractivity (Wildman–Crippen MR) is 83.2 cm³/mol. The molecule has 2 rings (SSSR count). The average molecular weight is 289 g/mol. The van der Waals surface area contributed by atoms with Crippen LogP contribution < -0.4 is 5.32 Å². The van der Waals surface area contributed by atoms with Crippen LogP contribution >= 0.6 is 11.8 Å². The van der Waals surface area contributed by atoms with Crippen molar-refractivity contribution in [3.8, 4) is 0 Å². The molecule has 0 unspecified atom stereocenters. The lowest BCUT2D eigenvalue weighted by molar-refractivity contribution is -0.115. The molecule has 0 saturated carbocycles. The first-order valence-electron chi connectivity index (χ1n) is 6.45. The molecule has 0 fully saturated rings. The van der Waals surface area contributed by atoms with E-state index in [1.807, 2.05) is 56.1 Å². The summed E-state index contributed by atoms with van der Waals surface area (Å²) in [7, 11) is 1.90. The average Bonchev–Trinajstić information content (AvgIpc) is 2.66. The molecule has 0 aliphatic carbocycles. The van der Waals surface area contributed by atoms with Crippen LogP contribution in [0.4, 0.5) is 5.69 Å². The Balaban J connectivity index is 2.13. The number of rotatable bonds is 4. The zero-order valence-corrected chi connectivity index (χ0v) is 13.0. The van der Waals surface area contributed by atoms with Crippen LogP contribution in [0.5, 0.6) is 0 Å². The molecule has 20 heavy (non-hydrogen) atoms. The van der Waals surface area contributed by atoms with Crippen LogP contribution in [-0.4, -0.2) is 21.9 Å². The second kappa shape index (κ2) is 6.13. The number of aromatic nitrogens is 2. The number of aryl methyl sites for hydroxylation is 2. The van der Waals surface area contributed by atoms with Crippen LogP contribution in [0, 0.1) is 13.8 Å². The standard InChI is InChI=1S/C15H19N3OS/c1-10-12(11(2)18(3)17-10)9-15(19)16-13-7-5-6-8-14(13)20-4/h5-8H,9H2,1-4H3,(H,16,19). The maximum atomic E-state index is 12.2. The van der Waals surface area contributed by atoms with Crippen LogP contribution in [0.3, 0.4) is 0 Å². The molecule has 0 bridgehead atoms. The monoisotopic (exact) mass is 289 g/mol. The highest BCUT2D eigenvalue weighted by Gasteiger charge is 2.14. The van der Waals surface area contributed by atoms with E-state index in [9.17, 15) is 4.79 Å². The second-order valence-electron chi connectivity index (χ2n) is 4.70. The summed E-state index contributed by atoms with van der Waals surface area (Å²) in [4.78, 5) is 13.3. The van der Waals surface area contributed by atoms with Crippen molar-refractivity contribution >= 4 is 23.4 Å². The zero-order valence-electron chi connectivity index (χ0n) is 12.2. The van der Waals surface area contributed by atoms with Gasteiger partial charge >= 0.3 is 0 Å². The topological polar surface area (TPSA) is 46.9 Å². The van der Waals surface area contributed by atoms with Crippen molar-refractivity contribution in [3.05, 3.63) is 41.2 Å². The number of hydrogen-bond acceptors (Lipinski definition) is 3. The summed E-state index contributed by atoms with van der Waals surface area (Å²) >= 11 is 1.62. The summed E-state index contributed by atoms with van der Waals surface area (Å²) in [5, 5.41) is 7.31. The summed E-state index contributed by atoms with van der Waals surface area (Å²) in [5.41, 5.74) is 3.82. The van der Waals surface area contributed by atoms with E-state index >= 15 is 0 Å². The molecule has 1 aromatic heterocycles. The first kappa shape index (κ1) is 14.7. The molecule has 1 N–H and O–H groups in total. The molecule has 0 aliphatic heterocycles. The lowest BCUT2D eigenvalue weighted by Crippen LogP contribution is -2.15. The number of thioether (sulfide) groups is 1. The van der Waals surface area contributed by atoms with Crippen molar-refractivity contribution in [2.45, 2.75) is 25.2 Å². The highest BCUT2D eigenvalue weighted by atomic mass is 32.2. The summed E-state index contributed by atoms with van der Waals surface area (Å²) in [6, 6.07) is 7.82. The molecule has 1 heterocycles. The molecule has 4 nitrogen and oxygen atoms in total. The fraction of sp³-hybridized carbons (Fsp3) is 0.333. The fourth-order valence-electron chi connectivity index (χ4n) is 2.18. The fourth-order valence-corrected chi connectivity index (χ4v) is 2.73. The van der Waals surface area contributed by atoms with Crippen molar-refractivity contribution in [1.29, 1.82) is 0 Å². The van der Waals surface area contributed by atoms with Gasteiger partial charge in [0.25, 0.3) is 0 Å². The number of carbonyl (C=O) groups is 1. The van der Waals surface area contributed by atoms with Crippen LogP contribution in [0.2, 0.25) is 0 Å². The number of amides is 1. The van der Waals surface area contributed by atoms with E-state index in [2.05, 4.69) is 10.4 Å². The van der Waals surface area contributed by atoms with Gasteiger partial charge in [-0.1, -0.05) is 12.1 Å². The number of anilines is 1. The van der Waals surface area contributed by atoms with E-state index in [0.29, 0.717) is 6.42 Å². The minimum absolute atomic E-state index is 0.00861. The third-order valence-electron chi connectivity index (χ3n) is 3.38. The normalized spacial score (nSPS) is 10.6. The second-order valence-corrected chi connectivity index (χ2v) is 5.55. The van der Waals surface area contributed by atoms with Crippen molar-refractivity contribution in [1.82, 2.24) is 9.78 Å². The van der Waals surface area contributed by atoms with E-state index in [0.717, 1.165) is 27.5 Å². The van der Waals surface area contributed by atoms with Gasteiger partial charge in [-0.25, -0.2) is 0 Å². The van der Waals surface area contributed by atoms with E-state index in [4.69, 9.17) is 0 Å². The van der Waals surface area contributed by atoms with Gasteiger partial charge in [-0.05, 0) is 32.2 Å². The van der Waals surface area contributed by atoms with Crippen LogP contribution in [0.1, 0.15) is 17.0 Å².